The van der Waals surface area contributed by atoms with Gasteiger partial charge < -0.3 is 10.1 Å². The summed E-state index contributed by atoms with van der Waals surface area (Å²) in [6.07, 6.45) is 2.03. The highest BCUT2D eigenvalue weighted by molar-refractivity contribution is 7.14. The van der Waals surface area contributed by atoms with Crippen LogP contribution in [0.4, 0.5) is 5.69 Å². The second-order valence-electron chi connectivity index (χ2n) is 5.42. The third kappa shape index (κ3) is 3.99. The average molecular weight is 331 g/mol. The molecule has 2 rings (SSSR count). The van der Waals surface area contributed by atoms with Gasteiger partial charge in [0.1, 0.15) is 0 Å². The molecule has 0 unspecified atom stereocenters. The van der Waals surface area contributed by atoms with Gasteiger partial charge in [0.15, 0.2) is 0 Å². The van der Waals surface area contributed by atoms with Crippen molar-refractivity contribution in [2.24, 2.45) is 0 Å². The monoisotopic (exact) mass is 331 g/mol. The Morgan fingerprint density at radius 3 is 2.61 bits per heavy atom. The van der Waals surface area contributed by atoms with Crippen molar-refractivity contribution in [3.63, 3.8) is 0 Å². The number of benzene rings is 1. The number of carbonyl (C=O) groups excluding carboxylic acids is 2. The fourth-order valence-electron chi connectivity index (χ4n) is 2.33. The Bertz CT molecular complexity index is 734. The highest BCUT2D eigenvalue weighted by Crippen LogP contribution is 2.25. The molecule has 0 atom stereocenters. The zero-order valence-corrected chi connectivity index (χ0v) is 14.7. The SMILES string of the molecule is CCCc1cc(C(=O)Nc2cc(C(=O)OC)ccc2C)sc1C. The molecule has 0 bridgehead atoms. The molecule has 1 N–H and O–H groups in total. The summed E-state index contributed by atoms with van der Waals surface area (Å²) in [6, 6.07) is 7.08. The van der Waals surface area contributed by atoms with Crippen LogP contribution in [0.5, 0.6) is 0 Å². The van der Waals surface area contributed by atoms with Crippen LogP contribution in [-0.4, -0.2) is 19.0 Å². The normalized spacial score (nSPS) is 10.4. The number of anilines is 1. The van der Waals surface area contributed by atoms with E-state index in [1.165, 1.54) is 28.9 Å². The molecule has 0 radical (unpaired) electrons. The number of methoxy groups -OCH3 is 1. The van der Waals surface area contributed by atoms with Gasteiger partial charge in [-0.2, -0.15) is 0 Å². The number of rotatable bonds is 5. The summed E-state index contributed by atoms with van der Waals surface area (Å²) in [5.41, 5.74) is 3.17. The maximum absolute atomic E-state index is 12.5. The van der Waals surface area contributed by atoms with Crippen molar-refractivity contribution in [3.8, 4) is 0 Å². The number of amides is 1. The molecule has 23 heavy (non-hydrogen) atoms. The van der Waals surface area contributed by atoms with Gasteiger partial charge in [0.05, 0.1) is 17.6 Å². The van der Waals surface area contributed by atoms with Crippen molar-refractivity contribution in [2.45, 2.75) is 33.6 Å². The van der Waals surface area contributed by atoms with E-state index in [0.717, 1.165) is 18.4 Å². The van der Waals surface area contributed by atoms with Gasteiger partial charge in [-0.15, -0.1) is 11.3 Å². The lowest BCUT2D eigenvalue weighted by Gasteiger charge is -2.09. The quantitative estimate of drug-likeness (QED) is 0.828. The lowest BCUT2D eigenvalue weighted by molar-refractivity contribution is 0.0600. The van der Waals surface area contributed by atoms with E-state index in [4.69, 9.17) is 4.74 Å². The summed E-state index contributed by atoms with van der Waals surface area (Å²) in [5.74, 6) is -0.566. The molecule has 0 fully saturated rings. The first-order chi connectivity index (χ1) is 11.0. The fraction of sp³-hybridized carbons (Fsp3) is 0.333. The molecule has 1 aromatic heterocycles. The van der Waals surface area contributed by atoms with E-state index < -0.39 is 5.97 Å². The molecule has 1 heterocycles. The molecule has 4 nitrogen and oxygen atoms in total. The summed E-state index contributed by atoms with van der Waals surface area (Å²) in [7, 11) is 1.34. The van der Waals surface area contributed by atoms with Crippen LogP contribution >= 0.6 is 11.3 Å². The number of esters is 1. The average Bonchev–Trinajstić information content (AvgIpc) is 2.90. The molecule has 122 valence electrons. The highest BCUT2D eigenvalue weighted by atomic mass is 32.1. The standard InChI is InChI=1S/C18H21NO3S/c1-5-6-13-10-16(23-12(13)3)17(20)19-15-9-14(18(21)22-4)8-7-11(15)2/h7-10H,5-6H2,1-4H3,(H,19,20). The molecule has 0 saturated heterocycles. The third-order valence-electron chi connectivity index (χ3n) is 3.67. The van der Waals surface area contributed by atoms with E-state index in [-0.39, 0.29) is 5.91 Å². The molecule has 5 heteroatoms. The van der Waals surface area contributed by atoms with Crippen LogP contribution in [-0.2, 0) is 11.2 Å². The first-order valence-electron chi connectivity index (χ1n) is 7.55. The van der Waals surface area contributed by atoms with Crippen molar-refractivity contribution in [3.05, 3.63) is 50.7 Å². The van der Waals surface area contributed by atoms with Gasteiger partial charge in [-0.05, 0) is 49.6 Å². The number of aryl methyl sites for hydroxylation is 3. The zero-order valence-electron chi connectivity index (χ0n) is 13.9. The molecular weight excluding hydrogens is 310 g/mol. The Balaban J connectivity index is 2.23. The Hall–Kier alpha value is -2.14. The minimum absolute atomic E-state index is 0.148. The number of nitrogens with one attached hydrogen (secondary N) is 1. The molecule has 0 aliphatic rings. The van der Waals surface area contributed by atoms with Crippen LogP contribution in [0.25, 0.3) is 0 Å². The predicted octanol–water partition coefficient (Wildman–Crippen LogP) is 4.36. The third-order valence-corrected chi connectivity index (χ3v) is 4.76. The number of ether oxygens (including phenoxy) is 1. The Kier molecular flexibility index (Phi) is 5.55. The van der Waals surface area contributed by atoms with Crippen LogP contribution in [0, 0.1) is 13.8 Å². The maximum Gasteiger partial charge on any atom is 0.337 e. The van der Waals surface area contributed by atoms with Crippen molar-refractivity contribution < 1.29 is 14.3 Å². The minimum atomic E-state index is -0.419. The molecule has 0 aliphatic carbocycles. The van der Waals surface area contributed by atoms with Crippen molar-refractivity contribution in [1.82, 2.24) is 0 Å². The Morgan fingerprint density at radius 2 is 1.96 bits per heavy atom. The second kappa shape index (κ2) is 7.42. The molecule has 0 aliphatic heterocycles. The van der Waals surface area contributed by atoms with Crippen molar-refractivity contribution >= 4 is 28.9 Å². The van der Waals surface area contributed by atoms with E-state index in [2.05, 4.69) is 12.2 Å². The number of hydrogen-bond acceptors (Lipinski definition) is 4. The van der Waals surface area contributed by atoms with Gasteiger partial charge in [-0.25, -0.2) is 4.79 Å². The summed E-state index contributed by atoms with van der Waals surface area (Å²) >= 11 is 1.50. The lowest BCUT2D eigenvalue weighted by atomic mass is 10.1. The summed E-state index contributed by atoms with van der Waals surface area (Å²) < 4.78 is 4.72. The van der Waals surface area contributed by atoms with E-state index in [0.29, 0.717) is 16.1 Å². The number of hydrogen-bond donors (Lipinski definition) is 1. The van der Waals surface area contributed by atoms with Gasteiger partial charge >= 0.3 is 5.97 Å². The minimum Gasteiger partial charge on any atom is -0.465 e. The van der Waals surface area contributed by atoms with E-state index in [1.54, 1.807) is 18.2 Å². The summed E-state index contributed by atoms with van der Waals surface area (Å²) in [6.45, 7) is 6.05. The Morgan fingerprint density at radius 1 is 1.22 bits per heavy atom. The van der Waals surface area contributed by atoms with Crippen LogP contribution in [0.1, 0.15) is 49.4 Å². The fourth-order valence-corrected chi connectivity index (χ4v) is 3.30. The van der Waals surface area contributed by atoms with Gasteiger partial charge in [-0.1, -0.05) is 19.4 Å². The summed E-state index contributed by atoms with van der Waals surface area (Å²) in [4.78, 5) is 26.0. The lowest BCUT2D eigenvalue weighted by Crippen LogP contribution is -2.12. The molecular formula is C18H21NO3S. The van der Waals surface area contributed by atoms with E-state index in [9.17, 15) is 9.59 Å². The van der Waals surface area contributed by atoms with E-state index in [1.807, 2.05) is 19.9 Å². The van der Waals surface area contributed by atoms with Crippen molar-refractivity contribution in [2.75, 3.05) is 12.4 Å². The first kappa shape index (κ1) is 17.2. The van der Waals surface area contributed by atoms with Crippen LogP contribution in [0.2, 0.25) is 0 Å². The van der Waals surface area contributed by atoms with Gasteiger partial charge in [0.25, 0.3) is 5.91 Å². The van der Waals surface area contributed by atoms with Crippen molar-refractivity contribution in [1.29, 1.82) is 0 Å². The Labute approximate surface area is 140 Å². The molecule has 0 saturated carbocycles. The second-order valence-corrected chi connectivity index (χ2v) is 6.67. The van der Waals surface area contributed by atoms with Gasteiger partial charge in [0, 0.05) is 10.6 Å². The highest BCUT2D eigenvalue weighted by Gasteiger charge is 2.14. The molecule has 1 aromatic carbocycles. The first-order valence-corrected chi connectivity index (χ1v) is 8.37. The van der Waals surface area contributed by atoms with Gasteiger partial charge in [0.2, 0.25) is 0 Å². The number of carbonyl (C=O) groups is 2. The van der Waals surface area contributed by atoms with E-state index >= 15 is 0 Å². The van der Waals surface area contributed by atoms with Crippen LogP contribution in [0.3, 0.4) is 0 Å². The predicted molar refractivity (Wildman–Crippen MR) is 93.5 cm³/mol. The van der Waals surface area contributed by atoms with Crippen LogP contribution < -0.4 is 5.32 Å². The molecule has 2 aromatic rings. The zero-order chi connectivity index (χ0) is 17.0. The van der Waals surface area contributed by atoms with Crippen LogP contribution in [0.15, 0.2) is 24.3 Å². The molecule has 0 spiro atoms. The van der Waals surface area contributed by atoms with Gasteiger partial charge in [-0.3, -0.25) is 4.79 Å². The maximum atomic E-state index is 12.5. The topological polar surface area (TPSA) is 55.4 Å². The molecule has 1 amide bonds. The smallest absolute Gasteiger partial charge is 0.337 e. The largest absolute Gasteiger partial charge is 0.465 e. The summed E-state index contributed by atoms with van der Waals surface area (Å²) in [5, 5.41) is 2.89. The number of thiophene rings is 1.